The van der Waals surface area contributed by atoms with Crippen molar-refractivity contribution >= 4 is 23.4 Å². The monoisotopic (exact) mass is 409 g/mol. The molecular formula is C22H17ClFN3S. The van der Waals surface area contributed by atoms with Gasteiger partial charge in [0.15, 0.2) is 11.0 Å². The van der Waals surface area contributed by atoms with E-state index in [0.717, 1.165) is 22.6 Å². The number of thioether (sulfide) groups is 1. The van der Waals surface area contributed by atoms with Gasteiger partial charge >= 0.3 is 0 Å². The molecule has 0 atom stereocenters. The Morgan fingerprint density at radius 1 is 0.964 bits per heavy atom. The third kappa shape index (κ3) is 3.81. The molecule has 3 aromatic carbocycles. The van der Waals surface area contributed by atoms with E-state index < -0.39 is 0 Å². The van der Waals surface area contributed by atoms with Crippen LogP contribution in [0.25, 0.3) is 17.1 Å². The lowest BCUT2D eigenvalue weighted by Gasteiger charge is -2.11. The summed E-state index contributed by atoms with van der Waals surface area (Å²) in [5.41, 5.74) is 3.54. The van der Waals surface area contributed by atoms with Gasteiger partial charge in [-0.25, -0.2) is 4.39 Å². The van der Waals surface area contributed by atoms with Gasteiger partial charge in [-0.2, -0.15) is 0 Å². The fraction of sp³-hybridized carbons (Fsp3) is 0.0909. The lowest BCUT2D eigenvalue weighted by atomic mass is 10.1. The number of para-hydroxylation sites is 1. The molecule has 6 heteroatoms. The molecule has 0 fully saturated rings. The van der Waals surface area contributed by atoms with Crippen LogP contribution in [0.1, 0.15) is 11.1 Å². The zero-order valence-corrected chi connectivity index (χ0v) is 16.7. The topological polar surface area (TPSA) is 30.7 Å². The number of aromatic nitrogens is 3. The van der Waals surface area contributed by atoms with Crippen molar-refractivity contribution in [2.75, 3.05) is 0 Å². The second-order valence-corrected chi connectivity index (χ2v) is 7.69. The fourth-order valence-electron chi connectivity index (χ4n) is 2.95. The Bertz CT molecular complexity index is 1090. The van der Waals surface area contributed by atoms with Crippen LogP contribution in [-0.2, 0) is 5.75 Å². The maximum absolute atomic E-state index is 14.2. The van der Waals surface area contributed by atoms with E-state index in [1.165, 1.54) is 17.8 Å². The van der Waals surface area contributed by atoms with E-state index in [4.69, 9.17) is 11.6 Å². The van der Waals surface area contributed by atoms with Crippen molar-refractivity contribution in [1.82, 2.24) is 14.8 Å². The molecule has 0 aliphatic heterocycles. The Morgan fingerprint density at radius 2 is 1.75 bits per heavy atom. The Kier molecular flexibility index (Phi) is 5.46. The normalized spacial score (nSPS) is 11.0. The molecule has 4 rings (SSSR count). The summed E-state index contributed by atoms with van der Waals surface area (Å²) in [4.78, 5) is 0. The van der Waals surface area contributed by atoms with Gasteiger partial charge in [-0.3, -0.25) is 4.57 Å². The number of nitrogens with zero attached hydrogens (tertiary/aromatic N) is 3. The summed E-state index contributed by atoms with van der Waals surface area (Å²) in [5.74, 6) is 0.798. The number of hydrogen-bond acceptors (Lipinski definition) is 3. The molecule has 0 unspecified atom stereocenters. The van der Waals surface area contributed by atoms with Crippen LogP contribution in [0.2, 0.25) is 5.02 Å². The standard InChI is InChI=1S/C22H17ClFN3S/c1-15-7-5-8-16(13-15)21-25-26-22(27(21)17-9-3-2-4-10-17)28-14-18-19(23)11-6-12-20(18)24/h2-13H,14H2,1H3. The number of aryl methyl sites for hydroxylation is 1. The third-order valence-corrected chi connectivity index (χ3v) is 5.64. The van der Waals surface area contributed by atoms with Crippen molar-refractivity contribution in [3.05, 3.63) is 94.8 Å². The predicted octanol–water partition coefficient (Wildman–Crippen LogP) is 6.33. The molecule has 1 aromatic heterocycles. The van der Waals surface area contributed by atoms with E-state index in [0.29, 0.717) is 21.5 Å². The van der Waals surface area contributed by atoms with E-state index in [-0.39, 0.29) is 5.82 Å². The van der Waals surface area contributed by atoms with E-state index in [1.54, 1.807) is 12.1 Å². The van der Waals surface area contributed by atoms with Crippen molar-refractivity contribution in [1.29, 1.82) is 0 Å². The molecule has 140 valence electrons. The molecular weight excluding hydrogens is 393 g/mol. The van der Waals surface area contributed by atoms with E-state index in [2.05, 4.69) is 16.3 Å². The summed E-state index contributed by atoms with van der Waals surface area (Å²) < 4.78 is 16.1. The lowest BCUT2D eigenvalue weighted by molar-refractivity contribution is 0.617. The Labute approximate surface area is 172 Å². The number of halogens is 2. The number of rotatable bonds is 5. The first-order valence-corrected chi connectivity index (χ1v) is 10.1. The van der Waals surface area contributed by atoms with Crippen molar-refractivity contribution in [3.8, 4) is 17.1 Å². The molecule has 0 saturated heterocycles. The van der Waals surface area contributed by atoms with Crippen LogP contribution in [-0.4, -0.2) is 14.8 Å². The van der Waals surface area contributed by atoms with Crippen LogP contribution in [0.5, 0.6) is 0 Å². The first-order valence-electron chi connectivity index (χ1n) is 8.77. The molecule has 0 N–H and O–H groups in total. The van der Waals surface area contributed by atoms with Crippen molar-refractivity contribution < 1.29 is 4.39 Å². The highest BCUT2D eigenvalue weighted by atomic mass is 35.5. The lowest BCUT2D eigenvalue weighted by Crippen LogP contribution is -2.00. The highest BCUT2D eigenvalue weighted by Crippen LogP contribution is 2.32. The van der Waals surface area contributed by atoms with Crippen LogP contribution in [0.4, 0.5) is 4.39 Å². The molecule has 0 spiro atoms. The Morgan fingerprint density at radius 3 is 2.50 bits per heavy atom. The summed E-state index contributed by atoms with van der Waals surface area (Å²) in [6.45, 7) is 2.04. The van der Waals surface area contributed by atoms with Crippen molar-refractivity contribution in [3.63, 3.8) is 0 Å². The molecule has 0 bridgehead atoms. The number of hydrogen-bond donors (Lipinski definition) is 0. The third-order valence-electron chi connectivity index (χ3n) is 4.33. The molecule has 0 radical (unpaired) electrons. The average Bonchev–Trinajstić information content (AvgIpc) is 3.12. The highest BCUT2D eigenvalue weighted by Gasteiger charge is 2.17. The molecule has 28 heavy (non-hydrogen) atoms. The SMILES string of the molecule is Cc1cccc(-c2nnc(SCc3c(F)cccc3Cl)n2-c2ccccc2)c1. The van der Waals surface area contributed by atoms with E-state index in [1.807, 2.05) is 60.0 Å². The number of benzene rings is 3. The van der Waals surface area contributed by atoms with Crippen LogP contribution in [0.3, 0.4) is 0 Å². The Hall–Kier alpha value is -2.63. The van der Waals surface area contributed by atoms with Crippen LogP contribution >= 0.6 is 23.4 Å². The van der Waals surface area contributed by atoms with Gasteiger partial charge in [0.25, 0.3) is 0 Å². The minimum absolute atomic E-state index is 0.315. The minimum atomic E-state index is -0.315. The van der Waals surface area contributed by atoms with Gasteiger partial charge in [0.05, 0.1) is 0 Å². The second kappa shape index (κ2) is 8.17. The zero-order chi connectivity index (χ0) is 19.5. The maximum atomic E-state index is 14.2. The Balaban J connectivity index is 1.76. The van der Waals surface area contributed by atoms with Gasteiger partial charge in [-0.15, -0.1) is 10.2 Å². The summed E-state index contributed by atoms with van der Waals surface area (Å²) in [6.07, 6.45) is 0. The van der Waals surface area contributed by atoms with Crippen LogP contribution in [0, 0.1) is 12.7 Å². The fourth-order valence-corrected chi connectivity index (χ4v) is 4.25. The predicted molar refractivity (Wildman–Crippen MR) is 113 cm³/mol. The van der Waals surface area contributed by atoms with Gasteiger partial charge in [0.1, 0.15) is 5.82 Å². The molecule has 0 aliphatic carbocycles. The summed E-state index contributed by atoms with van der Waals surface area (Å²) in [7, 11) is 0. The van der Waals surface area contributed by atoms with Gasteiger partial charge < -0.3 is 0 Å². The van der Waals surface area contributed by atoms with Crippen molar-refractivity contribution in [2.45, 2.75) is 17.8 Å². The maximum Gasteiger partial charge on any atom is 0.196 e. The van der Waals surface area contributed by atoms with Gasteiger partial charge in [-0.05, 0) is 37.3 Å². The minimum Gasteiger partial charge on any atom is -0.270 e. The van der Waals surface area contributed by atoms with Gasteiger partial charge in [0, 0.05) is 27.6 Å². The second-order valence-electron chi connectivity index (χ2n) is 6.34. The van der Waals surface area contributed by atoms with E-state index >= 15 is 0 Å². The molecule has 3 nitrogen and oxygen atoms in total. The van der Waals surface area contributed by atoms with Gasteiger partial charge in [-0.1, -0.05) is 71.4 Å². The first kappa shape index (κ1) is 18.7. The molecule has 0 saturated carbocycles. The van der Waals surface area contributed by atoms with Crippen LogP contribution in [0.15, 0.2) is 78.0 Å². The van der Waals surface area contributed by atoms with Crippen molar-refractivity contribution in [2.24, 2.45) is 0 Å². The molecule has 4 aromatic rings. The largest absolute Gasteiger partial charge is 0.270 e. The molecule has 1 heterocycles. The zero-order valence-electron chi connectivity index (χ0n) is 15.1. The summed E-state index contributed by atoms with van der Waals surface area (Å²) >= 11 is 7.58. The van der Waals surface area contributed by atoms with Gasteiger partial charge in [0.2, 0.25) is 0 Å². The molecule has 0 amide bonds. The van der Waals surface area contributed by atoms with E-state index in [9.17, 15) is 4.39 Å². The smallest absolute Gasteiger partial charge is 0.196 e. The summed E-state index contributed by atoms with van der Waals surface area (Å²) in [5, 5.41) is 9.91. The first-order chi connectivity index (χ1) is 13.6. The highest BCUT2D eigenvalue weighted by molar-refractivity contribution is 7.98. The van der Waals surface area contributed by atoms with Crippen LogP contribution < -0.4 is 0 Å². The summed E-state index contributed by atoms with van der Waals surface area (Å²) in [6, 6.07) is 22.8. The molecule has 0 aliphatic rings. The average molecular weight is 410 g/mol. The quantitative estimate of drug-likeness (QED) is 0.361.